The van der Waals surface area contributed by atoms with Gasteiger partial charge in [0.15, 0.2) is 0 Å². The highest BCUT2D eigenvalue weighted by molar-refractivity contribution is 5.87. The lowest BCUT2D eigenvalue weighted by Crippen LogP contribution is -1.75. The fourth-order valence-electron chi connectivity index (χ4n) is 1.29. The molecule has 0 radical (unpaired) electrons. The van der Waals surface area contributed by atoms with E-state index in [1.807, 2.05) is 25.3 Å². The minimum absolute atomic E-state index is 0.340. The number of aromatic hydroxyl groups is 1. The first-order valence-corrected chi connectivity index (χ1v) is 3.54. The van der Waals surface area contributed by atoms with Gasteiger partial charge in [-0.25, -0.2) is 0 Å². The minimum Gasteiger partial charge on any atom is -0.507 e. The van der Waals surface area contributed by atoms with E-state index in [0.29, 0.717) is 5.75 Å². The number of benzene rings is 1. The Hall–Kier alpha value is -1.44. The number of aromatic nitrogens is 1. The molecule has 2 N–H and O–H groups in total. The summed E-state index contributed by atoms with van der Waals surface area (Å²) in [6.45, 7) is 2.01. The number of nitrogens with one attached hydrogen (secondary N) is 1. The summed E-state index contributed by atoms with van der Waals surface area (Å²) in [5.74, 6) is 0.340. The number of hydrogen-bond donors (Lipinski definition) is 2. The Morgan fingerprint density at radius 2 is 2.09 bits per heavy atom. The van der Waals surface area contributed by atoms with Crippen LogP contribution in [0.4, 0.5) is 0 Å². The molecule has 1 aromatic carbocycles. The standard InChI is InChI=1S/C9H9NO/c1-6-2-3-8(11)7-4-5-10-9(6)7/h2-5,10-11H,1H3. The molecule has 0 fully saturated rings. The number of phenols is 1. The van der Waals surface area contributed by atoms with Gasteiger partial charge in [0.1, 0.15) is 5.75 Å². The number of aryl methyl sites for hydroxylation is 1. The Morgan fingerprint density at radius 3 is 2.82 bits per heavy atom. The van der Waals surface area contributed by atoms with Crippen LogP contribution in [0.15, 0.2) is 24.4 Å². The van der Waals surface area contributed by atoms with Crippen molar-refractivity contribution in [3.63, 3.8) is 0 Å². The summed E-state index contributed by atoms with van der Waals surface area (Å²) in [5.41, 5.74) is 2.17. The van der Waals surface area contributed by atoms with E-state index in [1.165, 1.54) is 0 Å². The molecule has 1 heterocycles. The fraction of sp³-hybridized carbons (Fsp3) is 0.111. The van der Waals surface area contributed by atoms with Gasteiger partial charge in [-0.05, 0) is 24.6 Å². The average Bonchev–Trinajstić information content (AvgIpc) is 2.45. The van der Waals surface area contributed by atoms with Crippen molar-refractivity contribution in [2.24, 2.45) is 0 Å². The lowest BCUT2D eigenvalue weighted by atomic mass is 10.1. The first-order chi connectivity index (χ1) is 5.29. The molecular formula is C9H9NO. The van der Waals surface area contributed by atoms with Gasteiger partial charge in [-0.15, -0.1) is 0 Å². The van der Waals surface area contributed by atoms with Crippen molar-refractivity contribution in [3.8, 4) is 5.75 Å². The molecule has 0 bridgehead atoms. The van der Waals surface area contributed by atoms with Gasteiger partial charge in [0, 0.05) is 11.6 Å². The highest BCUT2D eigenvalue weighted by Gasteiger charge is 2.01. The molecule has 2 nitrogen and oxygen atoms in total. The first kappa shape index (κ1) is 6.28. The third-order valence-corrected chi connectivity index (χ3v) is 1.91. The molecule has 0 atom stereocenters. The van der Waals surface area contributed by atoms with E-state index in [9.17, 15) is 5.11 Å². The third kappa shape index (κ3) is 0.792. The van der Waals surface area contributed by atoms with Crippen molar-refractivity contribution in [3.05, 3.63) is 30.0 Å². The molecule has 1 aromatic heterocycles. The second-order valence-corrected chi connectivity index (χ2v) is 2.67. The summed E-state index contributed by atoms with van der Waals surface area (Å²) < 4.78 is 0. The molecule has 2 rings (SSSR count). The van der Waals surface area contributed by atoms with Crippen LogP contribution in [0.3, 0.4) is 0 Å². The predicted molar refractivity (Wildman–Crippen MR) is 44.7 cm³/mol. The zero-order valence-corrected chi connectivity index (χ0v) is 6.26. The van der Waals surface area contributed by atoms with Crippen LogP contribution < -0.4 is 0 Å². The highest BCUT2D eigenvalue weighted by Crippen LogP contribution is 2.25. The Morgan fingerprint density at radius 1 is 1.27 bits per heavy atom. The summed E-state index contributed by atoms with van der Waals surface area (Å²) in [4.78, 5) is 3.07. The Kier molecular flexibility index (Phi) is 1.15. The summed E-state index contributed by atoms with van der Waals surface area (Å²) in [6, 6.07) is 5.48. The molecule has 0 aliphatic rings. The molecular weight excluding hydrogens is 138 g/mol. The van der Waals surface area contributed by atoms with Crippen molar-refractivity contribution in [2.45, 2.75) is 6.92 Å². The summed E-state index contributed by atoms with van der Waals surface area (Å²) in [5, 5.41) is 10.3. The monoisotopic (exact) mass is 147 g/mol. The van der Waals surface area contributed by atoms with Crippen LogP contribution >= 0.6 is 0 Å². The Labute approximate surface area is 64.5 Å². The topological polar surface area (TPSA) is 36.0 Å². The lowest BCUT2D eigenvalue weighted by Gasteiger charge is -1.97. The third-order valence-electron chi connectivity index (χ3n) is 1.91. The SMILES string of the molecule is Cc1ccc(O)c2cc[nH]c12. The van der Waals surface area contributed by atoms with Crippen LogP contribution in [0.2, 0.25) is 0 Å². The van der Waals surface area contributed by atoms with Gasteiger partial charge in [0.25, 0.3) is 0 Å². The zero-order valence-electron chi connectivity index (χ0n) is 6.26. The van der Waals surface area contributed by atoms with E-state index in [4.69, 9.17) is 0 Å². The number of hydrogen-bond acceptors (Lipinski definition) is 1. The first-order valence-electron chi connectivity index (χ1n) is 3.54. The molecule has 2 aromatic rings. The second-order valence-electron chi connectivity index (χ2n) is 2.67. The van der Waals surface area contributed by atoms with Crippen molar-refractivity contribution < 1.29 is 5.11 Å². The van der Waals surface area contributed by atoms with Gasteiger partial charge < -0.3 is 10.1 Å². The zero-order chi connectivity index (χ0) is 7.84. The van der Waals surface area contributed by atoms with E-state index in [1.54, 1.807) is 6.07 Å². The molecule has 0 amide bonds. The molecule has 0 spiro atoms. The maximum Gasteiger partial charge on any atom is 0.124 e. The maximum atomic E-state index is 9.36. The van der Waals surface area contributed by atoms with Crippen LogP contribution in [0.1, 0.15) is 5.56 Å². The van der Waals surface area contributed by atoms with Gasteiger partial charge in [-0.2, -0.15) is 0 Å². The van der Waals surface area contributed by atoms with Crippen LogP contribution in [-0.4, -0.2) is 10.1 Å². The van der Waals surface area contributed by atoms with Gasteiger partial charge in [0.05, 0.1) is 5.52 Å². The van der Waals surface area contributed by atoms with Crippen molar-refractivity contribution in [1.29, 1.82) is 0 Å². The Balaban J connectivity index is 2.96. The molecule has 0 saturated heterocycles. The smallest absolute Gasteiger partial charge is 0.124 e. The molecule has 2 heteroatoms. The van der Waals surface area contributed by atoms with Gasteiger partial charge >= 0.3 is 0 Å². The largest absolute Gasteiger partial charge is 0.507 e. The van der Waals surface area contributed by atoms with Gasteiger partial charge in [0.2, 0.25) is 0 Å². The molecule has 56 valence electrons. The van der Waals surface area contributed by atoms with Crippen LogP contribution in [0, 0.1) is 6.92 Å². The maximum absolute atomic E-state index is 9.36. The normalized spacial score (nSPS) is 10.6. The van der Waals surface area contributed by atoms with Crippen molar-refractivity contribution in [2.75, 3.05) is 0 Å². The molecule has 0 saturated carbocycles. The number of aromatic amines is 1. The average molecular weight is 147 g/mol. The molecule has 11 heavy (non-hydrogen) atoms. The Bertz CT molecular complexity index is 353. The number of phenolic OH excluding ortho intramolecular Hbond substituents is 1. The minimum atomic E-state index is 0.340. The summed E-state index contributed by atoms with van der Waals surface area (Å²) in [7, 11) is 0. The predicted octanol–water partition coefficient (Wildman–Crippen LogP) is 2.18. The quantitative estimate of drug-likeness (QED) is 0.588. The van der Waals surface area contributed by atoms with E-state index in [0.717, 1.165) is 16.5 Å². The number of rotatable bonds is 0. The highest BCUT2D eigenvalue weighted by atomic mass is 16.3. The van der Waals surface area contributed by atoms with E-state index >= 15 is 0 Å². The van der Waals surface area contributed by atoms with Crippen LogP contribution in [0.25, 0.3) is 10.9 Å². The van der Waals surface area contributed by atoms with Crippen molar-refractivity contribution in [1.82, 2.24) is 4.98 Å². The van der Waals surface area contributed by atoms with E-state index in [2.05, 4.69) is 4.98 Å². The van der Waals surface area contributed by atoms with Crippen LogP contribution in [0.5, 0.6) is 5.75 Å². The van der Waals surface area contributed by atoms with E-state index < -0.39 is 0 Å². The molecule has 0 aliphatic heterocycles. The lowest BCUT2D eigenvalue weighted by molar-refractivity contribution is 0.481. The summed E-state index contributed by atoms with van der Waals surface area (Å²) in [6.07, 6.45) is 1.83. The fourth-order valence-corrected chi connectivity index (χ4v) is 1.29. The van der Waals surface area contributed by atoms with Gasteiger partial charge in [-0.1, -0.05) is 6.07 Å². The number of H-pyrrole nitrogens is 1. The van der Waals surface area contributed by atoms with Crippen molar-refractivity contribution >= 4 is 10.9 Å². The van der Waals surface area contributed by atoms with Crippen LogP contribution in [-0.2, 0) is 0 Å². The molecule has 0 aliphatic carbocycles. The van der Waals surface area contributed by atoms with E-state index in [-0.39, 0.29) is 0 Å². The number of fused-ring (bicyclic) bond motifs is 1. The summed E-state index contributed by atoms with van der Waals surface area (Å²) >= 11 is 0. The second kappa shape index (κ2) is 2.02. The van der Waals surface area contributed by atoms with Gasteiger partial charge in [-0.3, -0.25) is 0 Å². The molecule has 0 unspecified atom stereocenters.